The fraction of sp³-hybridized carbons (Fsp3) is 0.583. The number of hydrogen-bond acceptors (Lipinski definition) is 5. The van der Waals surface area contributed by atoms with Crippen LogP contribution < -0.4 is 5.73 Å². The van der Waals surface area contributed by atoms with Gasteiger partial charge in [0.15, 0.2) is 5.69 Å². The summed E-state index contributed by atoms with van der Waals surface area (Å²) in [6.45, 7) is 6.78. The molecule has 1 amide bonds. The van der Waals surface area contributed by atoms with Crippen LogP contribution in [-0.4, -0.2) is 46.5 Å². The van der Waals surface area contributed by atoms with E-state index < -0.39 is 12.0 Å². The quantitative estimate of drug-likeness (QED) is 0.793. The van der Waals surface area contributed by atoms with Crippen LogP contribution in [0.25, 0.3) is 0 Å². The standard InChI is InChI=1S/C12H20N4O3/c1-5-15(6-2)11(17)8(3)16-7-14-9(10(16)13)12(18)19-4/h7-8H,5-6,13H2,1-4H3. The molecule has 0 saturated heterocycles. The Kier molecular flexibility index (Phi) is 4.91. The molecule has 1 unspecified atom stereocenters. The molecule has 1 atom stereocenters. The van der Waals surface area contributed by atoms with Gasteiger partial charge in [-0.2, -0.15) is 0 Å². The van der Waals surface area contributed by atoms with E-state index in [1.54, 1.807) is 11.8 Å². The first-order valence-electron chi connectivity index (χ1n) is 6.17. The highest BCUT2D eigenvalue weighted by atomic mass is 16.5. The van der Waals surface area contributed by atoms with Crippen LogP contribution in [0.3, 0.4) is 0 Å². The van der Waals surface area contributed by atoms with Gasteiger partial charge in [0, 0.05) is 13.1 Å². The Morgan fingerprint density at radius 1 is 1.47 bits per heavy atom. The van der Waals surface area contributed by atoms with Crippen LogP contribution in [0.5, 0.6) is 0 Å². The van der Waals surface area contributed by atoms with E-state index in [9.17, 15) is 9.59 Å². The van der Waals surface area contributed by atoms with Crippen LogP contribution in [-0.2, 0) is 9.53 Å². The van der Waals surface area contributed by atoms with E-state index in [0.29, 0.717) is 13.1 Å². The van der Waals surface area contributed by atoms with Crippen molar-refractivity contribution in [3.63, 3.8) is 0 Å². The number of nitrogens with zero attached hydrogens (tertiary/aromatic N) is 3. The summed E-state index contributed by atoms with van der Waals surface area (Å²) in [5.74, 6) is -0.538. The Morgan fingerprint density at radius 2 is 2.05 bits per heavy atom. The number of nitrogen functional groups attached to an aromatic ring is 1. The highest BCUT2D eigenvalue weighted by Gasteiger charge is 2.24. The predicted octanol–water partition coefficient (Wildman–Crippen LogP) is 0.681. The summed E-state index contributed by atoms with van der Waals surface area (Å²) in [7, 11) is 1.26. The van der Waals surface area contributed by atoms with E-state index in [-0.39, 0.29) is 17.4 Å². The number of hydrogen-bond donors (Lipinski definition) is 1. The maximum Gasteiger partial charge on any atom is 0.360 e. The molecule has 2 N–H and O–H groups in total. The zero-order valence-corrected chi connectivity index (χ0v) is 11.7. The molecule has 1 heterocycles. The minimum absolute atomic E-state index is 0.0293. The smallest absolute Gasteiger partial charge is 0.360 e. The Morgan fingerprint density at radius 3 is 2.53 bits per heavy atom. The number of esters is 1. The van der Waals surface area contributed by atoms with Gasteiger partial charge >= 0.3 is 5.97 Å². The normalized spacial score (nSPS) is 12.0. The Balaban J connectivity index is 3.01. The summed E-state index contributed by atoms with van der Waals surface area (Å²) in [4.78, 5) is 29.2. The molecular weight excluding hydrogens is 248 g/mol. The van der Waals surface area contributed by atoms with E-state index in [4.69, 9.17) is 5.73 Å². The summed E-state index contributed by atoms with van der Waals surface area (Å²) in [6.07, 6.45) is 1.38. The Bertz CT molecular complexity index is 466. The molecule has 0 spiro atoms. The maximum atomic E-state index is 12.2. The number of aromatic nitrogens is 2. The van der Waals surface area contributed by atoms with E-state index in [0.717, 1.165) is 0 Å². The topological polar surface area (TPSA) is 90.5 Å². The first kappa shape index (κ1) is 15.0. The lowest BCUT2D eigenvalue weighted by molar-refractivity contribution is -0.133. The maximum absolute atomic E-state index is 12.2. The number of carbonyl (C=O) groups excluding carboxylic acids is 2. The van der Waals surface area contributed by atoms with Crippen molar-refractivity contribution < 1.29 is 14.3 Å². The molecule has 1 aromatic rings. The fourth-order valence-corrected chi connectivity index (χ4v) is 1.85. The SMILES string of the molecule is CCN(CC)C(=O)C(C)n1cnc(C(=O)OC)c1N. The molecule has 0 aromatic carbocycles. The highest BCUT2D eigenvalue weighted by Crippen LogP contribution is 2.19. The van der Waals surface area contributed by atoms with Crippen molar-refractivity contribution in [2.45, 2.75) is 26.8 Å². The van der Waals surface area contributed by atoms with Gasteiger partial charge in [0.1, 0.15) is 11.9 Å². The molecule has 0 aliphatic carbocycles. The van der Waals surface area contributed by atoms with Crippen LogP contribution in [0.2, 0.25) is 0 Å². The van der Waals surface area contributed by atoms with Crippen LogP contribution in [0, 0.1) is 0 Å². The number of rotatable bonds is 5. The van der Waals surface area contributed by atoms with Gasteiger partial charge in [-0.05, 0) is 20.8 Å². The first-order chi connectivity index (χ1) is 8.97. The molecule has 1 rings (SSSR count). The van der Waals surface area contributed by atoms with Crippen molar-refractivity contribution in [3.8, 4) is 0 Å². The molecule has 0 bridgehead atoms. The van der Waals surface area contributed by atoms with Crippen molar-refractivity contribution >= 4 is 17.7 Å². The van der Waals surface area contributed by atoms with Crippen LogP contribution >= 0.6 is 0 Å². The molecule has 7 heteroatoms. The van der Waals surface area contributed by atoms with Crippen LogP contribution in [0.15, 0.2) is 6.33 Å². The number of amides is 1. The van der Waals surface area contributed by atoms with Gasteiger partial charge in [-0.3, -0.25) is 4.79 Å². The second-order valence-electron chi connectivity index (χ2n) is 4.06. The van der Waals surface area contributed by atoms with Crippen molar-refractivity contribution in [3.05, 3.63) is 12.0 Å². The number of nitrogens with two attached hydrogens (primary N) is 1. The molecule has 0 aliphatic heterocycles. The second kappa shape index (κ2) is 6.21. The average molecular weight is 268 g/mol. The second-order valence-corrected chi connectivity index (χ2v) is 4.06. The lowest BCUT2D eigenvalue weighted by Crippen LogP contribution is -2.36. The minimum atomic E-state index is -0.612. The van der Waals surface area contributed by atoms with Gasteiger partial charge in [0.05, 0.1) is 13.4 Å². The van der Waals surface area contributed by atoms with Crippen molar-refractivity contribution in [1.29, 1.82) is 0 Å². The summed E-state index contributed by atoms with van der Waals surface area (Å²) in [6, 6.07) is -0.509. The van der Waals surface area contributed by atoms with Gasteiger partial charge in [0.25, 0.3) is 0 Å². The van der Waals surface area contributed by atoms with Crippen LogP contribution in [0.4, 0.5) is 5.82 Å². The number of likely N-dealkylation sites (N-methyl/N-ethyl adjacent to an activating group) is 1. The van der Waals surface area contributed by atoms with Gasteiger partial charge in [0.2, 0.25) is 5.91 Å². The molecule has 0 saturated carbocycles. The summed E-state index contributed by atoms with van der Waals surface area (Å²) >= 11 is 0. The van der Waals surface area contributed by atoms with Crippen molar-refractivity contribution in [2.75, 3.05) is 25.9 Å². The number of carbonyl (C=O) groups is 2. The molecule has 19 heavy (non-hydrogen) atoms. The van der Waals surface area contributed by atoms with Gasteiger partial charge in [-0.15, -0.1) is 0 Å². The third-order valence-electron chi connectivity index (χ3n) is 3.06. The molecular formula is C12H20N4O3. The Labute approximate surface area is 112 Å². The van der Waals surface area contributed by atoms with Gasteiger partial charge in [-0.1, -0.05) is 0 Å². The Hall–Kier alpha value is -2.05. The molecule has 106 valence electrons. The van der Waals surface area contributed by atoms with E-state index in [1.165, 1.54) is 18.0 Å². The monoisotopic (exact) mass is 268 g/mol. The van der Waals surface area contributed by atoms with E-state index in [2.05, 4.69) is 9.72 Å². The molecule has 7 nitrogen and oxygen atoms in total. The first-order valence-corrected chi connectivity index (χ1v) is 6.17. The largest absolute Gasteiger partial charge is 0.464 e. The van der Waals surface area contributed by atoms with Crippen LogP contribution in [0.1, 0.15) is 37.3 Å². The average Bonchev–Trinajstić information content (AvgIpc) is 2.80. The molecule has 0 radical (unpaired) electrons. The molecule has 0 aliphatic rings. The number of imidazole rings is 1. The van der Waals surface area contributed by atoms with Gasteiger partial charge in [-0.25, -0.2) is 9.78 Å². The zero-order valence-electron chi connectivity index (χ0n) is 11.7. The fourth-order valence-electron chi connectivity index (χ4n) is 1.85. The number of methoxy groups -OCH3 is 1. The summed E-state index contributed by atoms with van der Waals surface area (Å²) in [5.41, 5.74) is 5.86. The predicted molar refractivity (Wildman–Crippen MR) is 70.6 cm³/mol. The van der Waals surface area contributed by atoms with Crippen molar-refractivity contribution in [2.24, 2.45) is 0 Å². The van der Waals surface area contributed by atoms with E-state index >= 15 is 0 Å². The lowest BCUT2D eigenvalue weighted by Gasteiger charge is -2.24. The van der Waals surface area contributed by atoms with E-state index in [1.807, 2.05) is 13.8 Å². The third kappa shape index (κ3) is 2.86. The lowest BCUT2D eigenvalue weighted by atomic mass is 10.2. The zero-order chi connectivity index (χ0) is 14.6. The minimum Gasteiger partial charge on any atom is -0.464 e. The highest BCUT2D eigenvalue weighted by molar-refractivity contribution is 5.92. The summed E-state index contributed by atoms with van der Waals surface area (Å²) in [5, 5.41) is 0. The third-order valence-corrected chi connectivity index (χ3v) is 3.06. The number of ether oxygens (including phenoxy) is 1. The molecule has 0 fully saturated rings. The van der Waals surface area contributed by atoms with Gasteiger partial charge < -0.3 is 19.9 Å². The van der Waals surface area contributed by atoms with Crippen molar-refractivity contribution in [1.82, 2.24) is 14.5 Å². The summed E-state index contributed by atoms with van der Waals surface area (Å²) < 4.78 is 6.05. The number of anilines is 1. The molecule has 1 aromatic heterocycles.